The summed E-state index contributed by atoms with van der Waals surface area (Å²) in [5.41, 5.74) is 0.279. The number of benzene rings is 2. The van der Waals surface area contributed by atoms with Crippen LogP contribution in [0, 0.1) is 5.82 Å². The van der Waals surface area contributed by atoms with Gasteiger partial charge in [0.1, 0.15) is 23.2 Å². The molecule has 1 saturated carbocycles. The molecule has 13 heteroatoms. The highest BCUT2D eigenvalue weighted by Gasteiger charge is 2.49. The Balaban J connectivity index is 1.25. The van der Waals surface area contributed by atoms with Gasteiger partial charge in [0.15, 0.2) is 5.76 Å². The van der Waals surface area contributed by atoms with Crippen LogP contribution in [0.15, 0.2) is 45.8 Å². The van der Waals surface area contributed by atoms with Gasteiger partial charge in [0.25, 0.3) is 0 Å². The van der Waals surface area contributed by atoms with Gasteiger partial charge in [0, 0.05) is 36.4 Å². The van der Waals surface area contributed by atoms with E-state index in [4.69, 9.17) is 32.5 Å². The van der Waals surface area contributed by atoms with Crippen LogP contribution >= 0.6 is 23.2 Å². The summed E-state index contributed by atoms with van der Waals surface area (Å²) < 4.78 is 53.9. The van der Waals surface area contributed by atoms with Crippen LogP contribution in [-0.2, 0) is 14.8 Å². The minimum Gasteiger partial charge on any atom is -0.478 e. The van der Waals surface area contributed by atoms with Crippen LogP contribution in [0.5, 0.6) is 0 Å². The minimum atomic E-state index is -4.20. The van der Waals surface area contributed by atoms with Crippen molar-refractivity contribution in [2.45, 2.75) is 67.5 Å². The molecule has 1 aromatic heterocycles. The van der Waals surface area contributed by atoms with Crippen LogP contribution in [0.3, 0.4) is 0 Å². The third-order valence-electron chi connectivity index (χ3n) is 7.66. The highest BCUT2D eigenvalue weighted by Crippen LogP contribution is 2.47. The number of carbonyl (C=O) groups excluding carboxylic acids is 1. The topological polar surface area (TPSA) is 127 Å². The Kier molecular flexibility index (Phi) is 6.89. The van der Waals surface area contributed by atoms with Crippen molar-refractivity contribution in [3.8, 4) is 11.3 Å². The smallest absolute Gasteiger partial charge is 0.344 e. The zero-order valence-corrected chi connectivity index (χ0v) is 23.2. The SMILES string of the molecule is O=C(O)c1cc(F)cc(S(=O)(=O)N2[C@@H]3CC[C@H]2C[C@H](OC(=O)c2c(-c4c(Cl)cccc4Cl)noc2C2CC2)C3)c1. The number of aromatic carboxylic acids is 1. The van der Waals surface area contributed by atoms with Crippen LogP contribution in [-0.4, -0.2) is 53.1 Å². The summed E-state index contributed by atoms with van der Waals surface area (Å²) in [5, 5.41) is 14.0. The van der Waals surface area contributed by atoms with Crippen molar-refractivity contribution in [3.63, 3.8) is 0 Å². The van der Waals surface area contributed by atoms with Gasteiger partial charge < -0.3 is 14.4 Å². The molecular formula is C27H23Cl2FN2O7S. The molecule has 1 N–H and O–H groups in total. The van der Waals surface area contributed by atoms with E-state index < -0.39 is 56.4 Å². The fourth-order valence-electron chi connectivity index (χ4n) is 5.76. The first-order chi connectivity index (χ1) is 19.0. The van der Waals surface area contributed by atoms with Crippen LogP contribution in [0.4, 0.5) is 4.39 Å². The molecule has 2 aromatic carbocycles. The number of fused-ring (bicyclic) bond motifs is 2. The Morgan fingerprint density at radius 2 is 1.70 bits per heavy atom. The number of halogens is 3. The number of carboxylic acids is 1. The number of piperidine rings is 1. The molecular weight excluding hydrogens is 586 g/mol. The lowest BCUT2D eigenvalue weighted by atomic mass is 10.0. The third-order valence-corrected chi connectivity index (χ3v) is 10.3. The number of rotatable bonds is 7. The molecule has 3 aromatic rings. The van der Waals surface area contributed by atoms with Crippen molar-refractivity contribution < 1.29 is 36.8 Å². The summed E-state index contributed by atoms with van der Waals surface area (Å²) in [6.45, 7) is 0. The molecule has 3 heterocycles. The van der Waals surface area contributed by atoms with E-state index in [1.54, 1.807) is 18.2 Å². The van der Waals surface area contributed by atoms with Gasteiger partial charge in [-0.05, 0) is 56.0 Å². The summed E-state index contributed by atoms with van der Waals surface area (Å²) in [6, 6.07) is 6.50. The average molecular weight is 609 g/mol. The van der Waals surface area contributed by atoms with Crippen molar-refractivity contribution in [2.24, 2.45) is 0 Å². The predicted molar refractivity (Wildman–Crippen MR) is 142 cm³/mol. The lowest BCUT2D eigenvalue weighted by Gasteiger charge is -2.37. The highest BCUT2D eigenvalue weighted by atomic mass is 35.5. The van der Waals surface area contributed by atoms with Gasteiger partial charge in [-0.1, -0.05) is 34.4 Å². The van der Waals surface area contributed by atoms with Crippen molar-refractivity contribution in [2.75, 3.05) is 0 Å². The first-order valence-electron chi connectivity index (χ1n) is 12.8. The molecule has 6 rings (SSSR count). The molecule has 2 bridgehead atoms. The second-order valence-corrected chi connectivity index (χ2v) is 13.0. The average Bonchev–Trinajstić information content (AvgIpc) is 3.58. The highest BCUT2D eigenvalue weighted by molar-refractivity contribution is 7.89. The molecule has 210 valence electrons. The van der Waals surface area contributed by atoms with Crippen molar-refractivity contribution >= 4 is 45.2 Å². The number of hydrogen-bond donors (Lipinski definition) is 1. The normalized spacial score (nSPS) is 22.8. The Morgan fingerprint density at radius 1 is 1.05 bits per heavy atom. The number of sulfonamides is 1. The van der Waals surface area contributed by atoms with Crippen LogP contribution in [0.1, 0.15) is 70.9 Å². The Labute approximate surface area is 238 Å². The van der Waals surface area contributed by atoms with E-state index >= 15 is 0 Å². The van der Waals surface area contributed by atoms with Gasteiger partial charge in [0.2, 0.25) is 10.0 Å². The van der Waals surface area contributed by atoms with E-state index in [9.17, 15) is 27.5 Å². The molecule has 3 aliphatic rings. The molecule has 2 saturated heterocycles. The monoisotopic (exact) mass is 608 g/mol. The lowest BCUT2D eigenvalue weighted by Crippen LogP contribution is -2.48. The summed E-state index contributed by atoms with van der Waals surface area (Å²) in [6.07, 6.45) is 2.61. The summed E-state index contributed by atoms with van der Waals surface area (Å²) in [7, 11) is -4.20. The van der Waals surface area contributed by atoms with Crippen LogP contribution < -0.4 is 0 Å². The molecule has 40 heavy (non-hydrogen) atoms. The van der Waals surface area contributed by atoms with Gasteiger partial charge in [-0.25, -0.2) is 22.4 Å². The van der Waals surface area contributed by atoms with E-state index in [1.165, 1.54) is 4.31 Å². The number of aromatic nitrogens is 1. The second-order valence-electron chi connectivity index (χ2n) is 10.3. The maximum Gasteiger partial charge on any atom is 0.344 e. The van der Waals surface area contributed by atoms with E-state index in [-0.39, 0.29) is 30.0 Å². The molecule has 0 amide bonds. The maximum absolute atomic E-state index is 14.1. The zero-order chi connectivity index (χ0) is 28.3. The Hall–Kier alpha value is -2.99. The molecule has 3 atom stereocenters. The van der Waals surface area contributed by atoms with Crippen LogP contribution in [0.25, 0.3) is 11.3 Å². The van der Waals surface area contributed by atoms with Gasteiger partial charge in [-0.2, -0.15) is 4.31 Å². The molecule has 0 unspecified atom stereocenters. The van der Waals surface area contributed by atoms with Gasteiger partial charge in [0.05, 0.1) is 20.5 Å². The quantitative estimate of drug-likeness (QED) is 0.328. The maximum atomic E-state index is 14.1. The van der Waals surface area contributed by atoms with E-state index in [0.29, 0.717) is 34.2 Å². The van der Waals surface area contributed by atoms with Gasteiger partial charge in [-0.15, -0.1) is 0 Å². The minimum absolute atomic E-state index is 0.0372. The van der Waals surface area contributed by atoms with Crippen molar-refractivity contribution in [3.05, 3.63) is 69.1 Å². The molecule has 0 radical (unpaired) electrons. The molecule has 3 fully saturated rings. The first kappa shape index (κ1) is 27.2. The first-order valence-corrected chi connectivity index (χ1v) is 15.0. The number of carboxylic acid groups (broad SMARTS) is 1. The zero-order valence-electron chi connectivity index (χ0n) is 20.8. The van der Waals surface area contributed by atoms with Crippen molar-refractivity contribution in [1.82, 2.24) is 9.46 Å². The van der Waals surface area contributed by atoms with Gasteiger partial charge >= 0.3 is 11.9 Å². The molecule has 2 aliphatic heterocycles. The number of nitrogens with zero attached hydrogens (tertiary/aromatic N) is 2. The lowest BCUT2D eigenvalue weighted by molar-refractivity contribution is 0.00824. The standard InChI is InChI=1S/C27H23Cl2FN2O7S/c28-20-2-1-3-21(29)22(20)24-23(25(39-31-24)13-4-5-13)27(35)38-18-11-16-6-7-17(12-18)32(16)40(36,37)19-9-14(26(33)34)8-15(30)10-19/h1-3,8-10,13,16-18H,4-7,11-12H2,(H,33,34)/t16-,17+,18-. The summed E-state index contributed by atoms with van der Waals surface area (Å²) in [5.74, 6) is -2.58. The number of ether oxygens (including phenoxy) is 1. The third kappa shape index (κ3) is 4.78. The van der Waals surface area contributed by atoms with E-state index in [2.05, 4.69) is 5.16 Å². The van der Waals surface area contributed by atoms with E-state index in [1.807, 2.05) is 0 Å². The number of esters is 1. The fraction of sp³-hybridized carbons (Fsp3) is 0.370. The fourth-order valence-corrected chi connectivity index (χ4v) is 8.28. The largest absolute Gasteiger partial charge is 0.478 e. The summed E-state index contributed by atoms with van der Waals surface area (Å²) in [4.78, 5) is 24.5. The number of carbonyl (C=O) groups is 2. The second kappa shape index (κ2) is 10.1. The Bertz CT molecular complexity index is 1610. The summed E-state index contributed by atoms with van der Waals surface area (Å²) >= 11 is 12.8. The predicted octanol–water partition coefficient (Wildman–Crippen LogP) is 5.90. The van der Waals surface area contributed by atoms with Gasteiger partial charge in [-0.3, -0.25) is 0 Å². The molecule has 9 nitrogen and oxygen atoms in total. The van der Waals surface area contributed by atoms with Crippen molar-refractivity contribution in [1.29, 1.82) is 0 Å². The molecule has 0 spiro atoms. The Morgan fingerprint density at radius 3 is 2.30 bits per heavy atom. The number of hydrogen-bond acceptors (Lipinski definition) is 7. The van der Waals surface area contributed by atoms with E-state index in [0.717, 1.165) is 31.0 Å². The van der Waals surface area contributed by atoms with Crippen LogP contribution in [0.2, 0.25) is 10.0 Å². The molecule has 1 aliphatic carbocycles.